The van der Waals surface area contributed by atoms with Crippen molar-refractivity contribution in [1.82, 2.24) is 9.55 Å². The molecule has 1 aromatic heterocycles. The Bertz CT molecular complexity index is 1150. The smallest absolute Gasteiger partial charge is 0.355 e. The molecule has 152 valence electrons. The minimum absolute atomic E-state index is 0.0182. The molecule has 0 aliphatic heterocycles. The third-order valence-corrected chi connectivity index (χ3v) is 4.54. The van der Waals surface area contributed by atoms with Crippen LogP contribution in [-0.4, -0.2) is 22.4 Å². The van der Waals surface area contributed by atoms with Crippen LogP contribution in [0.3, 0.4) is 0 Å². The summed E-state index contributed by atoms with van der Waals surface area (Å²) in [5, 5.41) is 9.90. The number of rotatable bonds is 7. The molecule has 0 radical (unpaired) electrons. The molecule has 0 saturated heterocycles. The van der Waals surface area contributed by atoms with Crippen molar-refractivity contribution < 1.29 is 4.74 Å². The Labute approximate surface area is 179 Å². The summed E-state index contributed by atoms with van der Waals surface area (Å²) in [6.07, 6.45) is 3.62. The summed E-state index contributed by atoms with van der Waals surface area (Å²) in [6, 6.07) is 15.8. The number of nitrogens with zero attached hydrogens (tertiary/aromatic N) is 4. The third-order valence-electron chi connectivity index (χ3n) is 4.29. The quantitative estimate of drug-likeness (QED) is 0.453. The molecule has 0 aliphatic carbocycles. The Hall–Kier alpha value is -3.63. The first kappa shape index (κ1) is 21.1. The van der Waals surface area contributed by atoms with Crippen LogP contribution < -0.4 is 16.2 Å². The van der Waals surface area contributed by atoms with Crippen LogP contribution >= 0.6 is 11.6 Å². The number of benzene rings is 2. The molecule has 3 rings (SSSR count). The van der Waals surface area contributed by atoms with Crippen LogP contribution in [0.5, 0.6) is 5.75 Å². The predicted molar refractivity (Wildman–Crippen MR) is 118 cm³/mol. The summed E-state index contributed by atoms with van der Waals surface area (Å²) < 4.78 is 6.83. The molecule has 7 nitrogen and oxygen atoms in total. The molecular weight excluding hydrogens is 402 g/mol. The number of aliphatic imine (C=N–C) groups is 1. The molecule has 0 unspecified atom stereocenters. The van der Waals surface area contributed by atoms with Crippen LogP contribution in [0, 0.1) is 11.3 Å². The maximum atomic E-state index is 12.4. The van der Waals surface area contributed by atoms with Crippen molar-refractivity contribution in [2.75, 3.05) is 12.3 Å². The number of nitrogens with two attached hydrogens (primary N) is 1. The van der Waals surface area contributed by atoms with Gasteiger partial charge in [0.25, 0.3) is 0 Å². The lowest BCUT2D eigenvalue weighted by molar-refractivity contribution is 0.309. The van der Waals surface area contributed by atoms with Crippen LogP contribution in [0.15, 0.2) is 58.3 Å². The molecule has 0 aliphatic rings. The van der Waals surface area contributed by atoms with Gasteiger partial charge >= 0.3 is 5.69 Å². The molecule has 0 atom stereocenters. The number of unbranched alkanes of at least 4 members (excludes halogenated alkanes) is 1. The van der Waals surface area contributed by atoms with Gasteiger partial charge in [-0.05, 0) is 60.5 Å². The maximum Gasteiger partial charge on any atom is 0.355 e. The molecule has 0 fully saturated rings. The van der Waals surface area contributed by atoms with Crippen molar-refractivity contribution in [2.45, 2.75) is 19.8 Å². The normalized spacial score (nSPS) is 10.8. The number of anilines is 1. The van der Waals surface area contributed by atoms with E-state index in [1.54, 1.807) is 30.5 Å². The molecule has 0 spiro atoms. The van der Waals surface area contributed by atoms with Gasteiger partial charge in [-0.1, -0.05) is 24.9 Å². The summed E-state index contributed by atoms with van der Waals surface area (Å²) in [6.45, 7) is 2.78. The van der Waals surface area contributed by atoms with E-state index < -0.39 is 5.69 Å². The van der Waals surface area contributed by atoms with Gasteiger partial charge in [-0.2, -0.15) is 10.2 Å². The van der Waals surface area contributed by atoms with E-state index in [1.165, 1.54) is 4.57 Å². The maximum absolute atomic E-state index is 12.4. The first-order valence-corrected chi connectivity index (χ1v) is 9.76. The fourth-order valence-electron chi connectivity index (χ4n) is 2.70. The number of hydrogen-bond acceptors (Lipinski definition) is 6. The lowest BCUT2D eigenvalue weighted by atomic mass is 10.2. The average Bonchev–Trinajstić information content (AvgIpc) is 2.75. The van der Waals surface area contributed by atoms with Crippen LogP contribution in [0.2, 0.25) is 5.02 Å². The average molecular weight is 422 g/mol. The molecule has 30 heavy (non-hydrogen) atoms. The first-order chi connectivity index (χ1) is 14.5. The van der Waals surface area contributed by atoms with Gasteiger partial charge in [-0.3, -0.25) is 0 Å². The van der Waals surface area contributed by atoms with Crippen molar-refractivity contribution in [3.8, 4) is 17.5 Å². The highest BCUT2D eigenvalue weighted by molar-refractivity contribution is 6.30. The van der Waals surface area contributed by atoms with Crippen molar-refractivity contribution in [3.63, 3.8) is 0 Å². The topological polar surface area (TPSA) is 106 Å². The van der Waals surface area contributed by atoms with Gasteiger partial charge in [0, 0.05) is 11.2 Å². The Kier molecular flexibility index (Phi) is 6.83. The standard InChI is InChI=1S/C22H20ClN5O2/c1-2-3-12-30-18-10-4-15(5-11-18)14-26-20-19(13-24)27-22(29)28(21(20)25)17-8-6-16(23)7-9-17/h4-11,14H,2-3,12,25H2,1H3. The zero-order chi connectivity index (χ0) is 21.5. The van der Waals surface area contributed by atoms with Crippen molar-refractivity contribution in [2.24, 2.45) is 4.99 Å². The number of nitrogen functional groups attached to an aromatic ring is 1. The number of halogens is 1. The van der Waals surface area contributed by atoms with E-state index in [1.807, 2.05) is 30.3 Å². The molecule has 2 aromatic carbocycles. The molecule has 1 heterocycles. The second kappa shape index (κ2) is 9.72. The van der Waals surface area contributed by atoms with Gasteiger partial charge in [-0.25, -0.2) is 14.4 Å². The molecule has 3 aromatic rings. The molecule has 0 saturated carbocycles. The highest BCUT2D eigenvalue weighted by Gasteiger charge is 2.15. The number of aromatic nitrogens is 2. The van der Waals surface area contributed by atoms with Gasteiger partial charge < -0.3 is 10.5 Å². The summed E-state index contributed by atoms with van der Waals surface area (Å²) >= 11 is 5.91. The lowest BCUT2D eigenvalue weighted by Gasteiger charge is -2.11. The van der Waals surface area contributed by atoms with Gasteiger partial charge in [0.1, 0.15) is 23.3 Å². The Morgan fingerprint density at radius 3 is 2.57 bits per heavy atom. The van der Waals surface area contributed by atoms with Gasteiger partial charge in [-0.15, -0.1) is 0 Å². The van der Waals surface area contributed by atoms with E-state index in [0.717, 1.165) is 24.2 Å². The fraction of sp³-hybridized carbons (Fsp3) is 0.182. The van der Waals surface area contributed by atoms with Crippen LogP contribution in [0.25, 0.3) is 5.69 Å². The van der Waals surface area contributed by atoms with E-state index in [2.05, 4.69) is 16.9 Å². The number of hydrogen-bond donors (Lipinski definition) is 1. The van der Waals surface area contributed by atoms with Crippen molar-refractivity contribution >= 4 is 29.3 Å². The van der Waals surface area contributed by atoms with Gasteiger partial charge in [0.15, 0.2) is 5.69 Å². The van der Waals surface area contributed by atoms with Crippen LogP contribution in [0.1, 0.15) is 31.0 Å². The van der Waals surface area contributed by atoms with Crippen LogP contribution in [0.4, 0.5) is 11.5 Å². The largest absolute Gasteiger partial charge is 0.494 e. The SMILES string of the molecule is CCCCOc1ccc(C=Nc2c(C#N)nc(=O)n(-c3ccc(Cl)cc3)c2N)cc1. The minimum Gasteiger partial charge on any atom is -0.494 e. The predicted octanol–water partition coefficient (Wildman–Crippen LogP) is 4.27. The van der Waals surface area contributed by atoms with E-state index in [9.17, 15) is 10.1 Å². The molecule has 0 bridgehead atoms. The summed E-state index contributed by atoms with van der Waals surface area (Å²) in [5.74, 6) is 0.792. The Morgan fingerprint density at radius 1 is 1.23 bits per heavy atom. The Morgan fingerprint density at radius 2 is 1.93 bits per heavy atom. The second-order valence-corrected chi connectivity index (χ2v) is 6.87. The number of nitriles is 1. The Balaban J connectivity index is 1.93. The number of ether oxygens (including phenoxy) is 1. The summed E-state index contributed by atoms with van der Waals surface area (Å²) in [4.78, 5) is 20.6. The highest BCUT2D eigenvalue weighted by Crippen LogP contribution is 2.26. The molecule has 0 amide bonds. The monoisotopic (exact) mass is 421 g/mol. The van der Waals surface area contributed by atoms with Gasteiger partial charge in [0.05, 0.1) is 12.3 Å². The van der Waals surface area contributed by atoms with E-state index in [0.29, 0.717) is 17.3 Å². The van der Waals surface area contributed by atoms with E-state index in [-0.39, 0.29) is 17.2 Å². The summed E-state index contributed by atoms with van der Waals surface area (Å²) in [5.41, 5.74) is 6.76. The highest BCUT2D eigenvalue weighted by atomic mass is 35.5. The second-order valence-electron chi connectivity index (χ2n) is 6.43. The minimum atomic E-state index is -0.668. The zero-order valence-corrected chi connectivity index (χ0v) is 17.1. The molecule has 2 N–H and O–H groups in total. The van der Waals surface area contributed by atoms with Crippen molar-refractivity contribution in [1.29, 1.82) is 5.26 Å². The molecular formula is C22H20ClN5O2. The van der Waals surface area contributed by atoms with Crippen LogP contribution in [-0.2, 0) is 0 Å². The first-order valence-electron chi connectivity index (χ1n) is 9.39. The third kappa shape index (κ3) is 4.85. The van der Waals surface area contributed by atoms with Gasteiger partial charge in [0.2, 0.25) is 0 Å². The van der Waals surface area contributed by atoms with Crippen molar-refractivity contribution in [3.05, 3.63) is 75.3 Å². The van der Waals surface area contributed by atoms with E-state index >= 15 is 0 Å². The fourth-order valence-corrected chi connectivity index (χ4v) is 2.82. The zero-order valence-electron chi connectivity index (χ0n) is 16.4. The molecule has 8 heteroatoms. The van der Waals surface area contributed by atoms with E-state index in [4.69, 9.17) is 22.1 Å². The lowest BCUT2D eigenvalue weighted by Crippen LogP contribution is -2.25. The summed E-state index contributed by atoms with van der Waals surface area (Å²) in [7, 11) is 0.